The highest BCUT2D eigenvalue weighted by Crippen LogP contribution is 2.30. The van der Waals surface area contributed by atoms with E-state index in [9.17, 15) is 0 Å². The van der Waals surface area contributed by atoms with Crippen LogP contribution in [0.4, 0.5) is 5.82 Å². The van der Waals surface area contributed by atoms with E-state index in [1.54, 1.807) is 6.20 Å². The summed E-state index contributed by atoms with van der Waals surface area (Å²) in [4.78, 5) is 6.54. The van der Waals surface area contributed by atoms with Crippen LogP contribution in [0.15, 0.2) is 16.7 Å². The second kappa shape index (κ2) is 3.54. The van der Waals surface area contributed by atoms with E-state index in [1.807, 2.05) is 6.07 Å². The van der Waals surface area contributed by atoms with Crippen LogP contribution < -0.4 is 9.64 Å². The van der Waals surface area contributed by atoms with Crippen LogP contribution in [0.5, 0.6) is 5.75 Å². The van der Waals surface area contributed by atoms with Crippen LogP contribution in [0.3, 0.4) is 0 Å². The summed E-state index contributed by atoms with van der Waals surface area (Å²) in [6.45, 7) is 4.78. The van der Waals surface area contributed by atoms with Crippen molar-refractivity contribution in [1.82, 2.24) is 4.98 Å². The molecule has 0 radical (unpaired) electrons. The normalized spacial score (nSPS) is 15.1. The number of aromatic nitrogens is 1. The van der Waals surface area contributed by atoms with E-state index in [4.69, 9.17) is 4.74 Å². The van der Waals surface area contributed by atoms with Crippen LogP contribution >= 0.6 is 15.9 Å². The molecule has 0 fully saturated rings. The number of pyridine rings is 1. The van der Waals surface area contributed by atoms with E-state index in [2.05, 4.69) is 32.7 Å². The summed E-state index contributed by atoms with van der Waals surface area (Å²) < 4.78 is 6.46. The predicted octanol–water partition coefficient (Wildman–Crippen LogP) is 2.06. The van der Waals surface area contributed by atoms with Crippen molar-refractivity contribution >= 4 is 21.7 Å². The van der Waals surface area contributed by atoms with Gasteiger partial charge in [0.15, 0.2) is 11.6 Å². The smallest absolute Gasteiger partial charge is 0.171 e. The quantitative estimate of drug-likeness (QED) is 0.754. The first-order valence-electron chi connectivity index (χ1n) is 4.34. The van der Waals surface area contributed by atoms with Gasteiger partial charge in [0.2, 0.25) is 0 Å². The maximum absolute atomic E-state index is 5.50. The van der Waals surface area contributed by atoms with Gasteiger partial charge in [-0.25, -0.2) is 4.98 Å². The molecule has 1 aliphatic rings. The molecule has 70 valence electrons. The van der Waals surface area contributed by atoms with E-state index < -0.39 is 0 Å². The van der Waals surface area contributed by atoms with Crippen molar-refractivity contribution in [3.05, 3.63) is 16.7 Å². The van der Waals surface area contributed by atoms with Gasteiger partial charge in [-0.3, -0.25) is 0 Å². The van der Waals surface area contributed by atoms with E-state index in [1.165, 1.54) is 0 Å². The van der Waals surface area contributed by atoms with Crippen molar-refractivity contribution in [2.24, 2.45) is 0 Å². The number of hydrogen-bond donors (Lipinski definition) is 0. The van der Waals surface area contributed by atoms with Crippen LogP contribution in [0.2, 0.25) is 0 Å². The molecule has 0 bridgehead atoms. The number of halogens is 1. The summed E-state index contributed by atoms with van der Waals surface area (Å²) >= 11 is 3.37. The number of hydrogen-bond acceptors (Lipinski definition) is 3. The molecular formula is C9H11BrN2O. The van der Waals surface area contributed by atoms with Crippen molar-refractivity contribution in [2.75, 3.05) is 24.6 Å². The number of nitrogens with zero attached hydrogens (tertiary/aromatic N) is 2. The van der Waals surface area contributed by atoms with Crippen LogP contribution in [0, 0.1) is 0 Å². The van der Waals surface area contributed by atoms with Gasteiger partial charge < -0.3 is 9.64 Å². The number of ether oxygens (including phenoxy) is 1. The first-order valence-corrected chi connectivity index (χ1v) is 5.14. The Morgan fingerprint density at radius 1 is 1.69 bits per heavy atom. The monoisotopic (exact) mass is 242 g/mol. The molecule has 0 N–H and O–H groups in total. The minimum absolute atomic E-state index is 0.749. The SMILES string of the molecule is CCN1CCOc2cc(Br)cnc21. The first kappa shape index (κ1) is 8.81. The van der Waals surface area contributed by atoms with Crippen LogP contribution in [0.1, 0.15) is 6.92 Å². The zero-order valence-corrected chi connectivity index (χ0v) is 9.04. The third-order valence-electron chi connectivity index (χ3n) is 2.10. The fourth-order valence-corrected chi connectivity index (χ4v) is 1.75. The lowest BCUT2D eigenvalue weighted by Crippen LogP contribution is -2.33. The lowest BCUT2D eigenvalue weighted by molar-refractivity contribution is 0.306. The summed E-state index contributed by atoms with van der Waals surface area (Å²) in [6, 6.07) is 1.96. The molecule has 2 rings (SSSR count). The van der Waals surface area contributed by atoms with Gasteiger partial charge in [0.05, 0.1) is 6.54 Å². The second-order valence-electron chi connectivity index (χ2n) is 2.90. The molecule has 1 aromatic heterocycles. The Labute approximate surface area is 85.8 Å². The maximum Gasteiger partial charge on any atom is 0.171 e. The van der Waals surface area contributed by atoms with Crippen molar-refractivity contribution in [3.63, 3.8) is 0 Å². The van der Waals surface area contributed by atoms with Gasteiger partial charge in [-0.05, 0) is 28.9 Å². The van der Waals surface area contributed by atoms with Crippen LogP contribution in [-0.2, 0) is 0 Å². The van der Waals surface area contributed by atoms with Gasteiger partial charge in [-0.1, -0.05) is 0 Å². The molecular weight excluding hydrogens is 232 g/mol. The highest BCUT2D eigenvalue weighted by atomic mass is 79.9. The highest BCUT2D eigenvalue weighted by Gasteiger charge is 2.17. The number of anilines is 1. The van der Waals surface area contributed by atoms with Crippen LogP contribution in [0.25, 0.3) is 0 Å². The van der Waals surface area contributed by atoms with Gasteiger partial charge in [-0.15, -0.1) is 0 Å². The fourth-order valence-electron chi connectivity index (χ4n) is 1.44. The Morgan fingerprint density at radius 2 is 2.54 bits per heavy atom. The van der Waals surface area contributed by atoms with E-state index in [-0.39, 0.29) is 0 Å². The minimum atomic E-state index is 0.749. The molecule has 0 aromatic carbocycles. The molecule has 4 heteroatoms. The average molecular weight is 243 g/mol. The Kier molecular flexibility index (Phi) is 2.40. The zero-order chi connectivity index (χ0) is 9.26. The average Bonchev–Trinajstić information content (AvgIpc) is 2.16. The largest absolute Gasteiger partial charge is 0.488 e. The Balaban J connectivity index is 2.40. The molecule has 0 amide bonds. The fraction of sp³-hybridized carbons (Fsp3) is 0.444. The summed E-state index contributed by atoms with van der Waals surface area (Å²) in [6.07, 6.45) is 1.80. The molecule has 0 atom stereocenters. The summed E-state index contributed by atoms with van der Waals surface area (Å²) in [5, 5.41) is 0. The Hall–Kier alpha value is -0.770. The lowest BCUT2D eigenvalue weighted by Gasteiger charge is -2.28. The standard InChI is InChI=1S/C9H11BrN2O/c1-2-12-3-4-13-8-5-7(10)6-11-9(8)12/h5-6H,2-4H2,1H3. The number of fused-ring (bicyclic) bond motifs is 1. The predicted molar refractivity (Wildman–Crippen MR) is 55.3 cm³/mol. The third kappa shape index (κ3) is 1.63. The molecule has 1 aromatic rings. The molecule has 0 saturated carbocycles. The Bertz CT molecular complexity index is 316. The summed E-state index contributed by atoms with van der Waals surface area (Å²) in [5.74, 6) is 1.83. The van der Waals surface area contributed by atoms with Crippen molar-refractivity contribution in [2.45, 2.75) is 6.92 Å². The van der Waals surface area contributed by atoms with E-state index >= 15 is 0 Å². The highest BCUT2D eigenvalue weighted by molar-refractivity contribution is 9.10. The molecule has 2 heterocycles. The van der Waals surface area contributed by atoms with Crippen molar-refractivity contribution < 1.29 is 4.74 Å². The molecule has 0 saturated heterocycles. The van der Waals surface area contributed by atoms with Gasteiger partial charge in [0.1, 0.15) is 6.61 Å². The summed E-state index contributed by atoms with van der Waals surface area (Å²) in [5.41, 5.74) is 0. The van der Waals surface area contributed by atoms with Gasteiger partial charge in [0.25, 0.3) is 0 Å². The van der Waals surface area contributed by atoms with E-state index in [0.717, 1.165) is 35.7 Å². The molecule has 0 unspecified atom stereocenters. The third-order valence-corrected chi connectivity index (χ3v) is 2.53. The zero-order valence-electron chi connectivity index (χ0n) is 7.46. The lowest BCUT2D eigenvalue weighted by atomic mass is 10.3. The number of rotatable bonds is 1. The van der Waals surface area contributed by atoms with Crippen molar-refractivity contribution in [3.8, 4) is 5.75 Å². The van der Waals surface area contributed by atoms with Gasteiger partial charge in [0, 0.05) is 17.2 Å². The van der Waals surface area contributed by atoms with Crippen molar-refractivity contribution in [1.29, 1.82) is 0 Å². The van der Waals surface area contributed by atoms with Gasteiger partial charge >= 0.3 is 0 Å². The summed E-state index contributed by atoms with van der Waals surface area (Å²) in [7, 11) is 0. The molecule has 1 aliphatic heterocycles. The van der Waals surface area contributed by atoms with Gasteiger partial charge in [-0.2, -0.15) is 0 Å². The Morgan fingerprint density at radius 3 is 3.31 bits per heavy atom. The maximum atomic E-state index is 5.50. The first-order chi connectivity index (χ1) is 6.31. The van der Waals surface area contributed by atoms with E-state index in [0.29, 0.717) is 0 Å². The second-order valence-corrected chi connectivity index (χ2v) is 3.82. The molecule has 13 heavy (non-hydrogen) atoms. The number of likely N-dealkylation sites (N-methyl/N-ethyl adjacent to an activating group) is 1. The minimum Gasteiger partial charge on any atom is -0.488 e. The molecule has 0 spiro atoms. The topological polar surface area (TPSA) is 25.4 Å². The van der Waals surface area contributed by atoms with Crippen LogP contribution in [-0.4, -0.2) is 24.7 Å². The molecule has 3 nitrogen and oxygen atoms in total. The molecule has 0 aliphatic carbocycles.